The first-order valence-electron chi connectivity index (χ1n) is 9.76. The monoisotopic (exact) mass is 394 g/mol. The van der Waals surface area contributed by atoms with Gasteiger partial charge in [-0.25, -0.2) is 0 Å². The van der Waals surface area contributed by atoms with Gasteiger partial charge in [-0.1, -0.05) is 22.8 Å². The number of anilines is 2. The number of hydrogen-bond acceptors (Lipinski definition) is 7. The molecule has 2 aromatic carbocycles. The van der Waals surface area contributed by atoms with E-state index in [2.05, 4.69) is 44.8 Å². The Morgan fingerprint density at radius 1 is 1.03 bits per heavy atom. The van der Waals surface area contributed by atoms with Crippen molar-refractivity contribution in [3.05, 3.63) is 48.0 Å². The Morgan fingerprint density at radius 2 is 1.76 bits per heavy atom. The summed E-state index contributed by atoms with van der Waals surface area (Å²) >= 11 is 0. The number of rotatable bonds is 6. The fourth-order valence-corrected chi connectivity index (χ4v) is 3.64. The largest absolute Gasteiger partial charge is 0.497 e. The van der Waals surface area contributed by atoms with Gasteiger partial charge in [0, 0.05) is 43.0 Å². The Hall–Kier alpha value is -3.29. The van der Waals surface area contributed by atoms with Crippen molar-refractivity contribution >= 4 is 11.6 Å². The summed E-state index contributed by atoms with van der Waals surface area (Å²) in [4.78, 5) is 2.23. The van der Waals surface area contributed by atoms with E-state index >= 15 is 0 Å². The summed E-state index contributed by atoms with van der Waals surface area (Å²) in [7, 11) is 3.32. The fourth-order valence-electron chi connectivity index (χ4n) is 3.64. The minimum absolute atomic E-state index is 0.267. The molecular formula is C21H26N6O2. The van der Waals surface area contributed by atoms with E-state index in [4.69, 9.17) is 9.47 Å². The zero-order valence-corrected chi connectivity index (χ0v) is 17.0. The van der Waals surface area contributed by atoms with Gasteiger partial charge in [0.2, 0.25) is 5.95 Å². The van der Waals surface area contributed by atoms with Crippen LogP contribution in [-0.4, -0.2) is 53.6 Å². The van der Waals surface area contributed by atoms with E-state index in [9.17, 15) is 0 Å². The number of aryl methyl sites for hydroxylation is 1. The Labute approximate surface area is 170 Å². The molecule has 1 unspecified atom stereocenters. The molecule has 0 saturated carbocycles. The number of tetrazole rings is 1. The van der Waals surface area contributed by atoms with Gasteiger partial charge in [0.05, 0.1) is 19.9 Å². The number of methoxy groups -OCH3 is 2. The maximum atomic E-state index is 5.38. The maximum absolute atomic E-state index is 5.38. The van der Waals surface area contributed by atoms with Crippen molar-refractivity contribution in [2.75, 3.05) is 37.5 Å². The summed E-state index contributed by atoms with van der Waals surface area (Å²) in [5.74, 6) is 2.30. The van der Waals surface area contributed by atoms with Crippen molar-refractivity contribution in [1.82, 2.24) is 20.2 Å². The van der Waals surface area contributed by atoms with Crippen LogP contribution in [0.25, 0.3) is 5.69 Å². The minimum Gasteiger partial charge on any atom is -0.497 e. The Morgan fingerprint density at radius 3 is 2.45 bits per heavy atom. The fraction of sp³-hybridized carbons (Fsp3) is 0.381. The maximum Gasteiger partial charge on any atom is 0.250 e. The summed E-state index contributed by atoms with van der Waals surface area (Å²) in [6.07, 6.45) is 2.13. The van der Waals surface area contributed by atoms with Crippen LogP contribution in [0.5, 0.6) is 11.5 Å². The second-order valence-corrected chi connectivity index (χ2v) is 7.26. The van der Waals surface area contributed by atoms with Gasteiger partial charge in [0.1, 0.15) is 11.5 Å². The van der Waals surface area contributed by atoms with Crippen molar-refractivity contribution < 1.29 is 9.47 Å². The number of hydrogen-bond donors (Lipinski definition) is 1. The lowest BCUT2D eigenvalue weighted by Gasteiger charge is -2.33. The van der Waals surface area contributed by atoms with Crippen molar-refractivity contribution in [3.63, 3.8) is 0 Å². The minimum atomic E-state index is 0.267. The van der Waals surface area contributed by atoms with E-state index in [1.165, 1.54) is 5.56 Å². The van der Waals surface area contributed by atoms with Crippen molar-refractivity contribution in [2.24, 2.45) is 0 Å². The van der Waals surface area contributed by atoms with Crippen molar-refractivity contribution in [1.29, 1.82) is 0 Å². The molecule has 1 aromatic heterocycles. The Bertz CT molecular complexity index is 934. The number of nitrogens with one attached hydrogen (secondary N) is 1. The smallest absolute Gasteiger partial charge is 0.250 e. The topological polar surface area (TPSA) is 77.3 Å². The first-order valence-corrected chi connectivity index (χ1v) is 9.76. The molecule has 29 heavy (non-hydrogen) atoms. The van der Waals surface area contributed by atoms with Crippen molar-refractivity contribution in [3.8, 4) is 17.2 Å². The van der Waals surface area contributed by atoms with E-state index in [0.29, 0.717) is 0 Å². The van der Waals surface area contributed by atoms with Gasteiger partial charge < -0.3 is 19.7 Å². The average molecular weight is 394 g/mol. The van der Waals surface area contributed by atoms with E-state index < -0.39 is 0 Å². The van der Waals surface area contributed by atoms with Gasteiger partial charge in [0.25, 0.3) is 0 Å². The zero-order valence-electron chi connectivity index (χ0n) is 17.0. The number of piperidine rings is 1. The molecule has 0 spiro atoms. The molecule has 0 amide bonds. The molecule has 0 bridgehead atoms. The van der Waals surface area contributed by atoms with E-state index in [0.717, 1.165) is 54.8 Å². The van der Waals surface area contributed by atoms with Gasteiger partial charge in [-0.15, -0.1) is 0 Å². The van der Waals surface area contributed by atoms with Crippen LogP contribution in [0.15, 0.2) is 42.5 Å². The van der Waals surface area contributed by atoms with Crippen LogP contribution in [-0.2, 0) is 0 Å². The molecule has 4 rings (SSSR count). The first-order chi connectivity index (χ1) is 14.2. The molecule has 8 heteroatoms. The molecule has 152 valence electrons. The SMILES string of the molecule is COc1cc(NC2CCCN(c3nnnn3-c3ccc(C)cc3)C2)cc(OC)c1. The quantitative estimate of drug-likeness (QED) is 0.688. The summed E-state index contributed by atoms with van der Waals surface area (Å²) in [5, 5.41) is 16.0. The second kappa shape index (κ2) is 8.38. The highest BCUT2D eigenvalue weighted by Gasteiger charge is 2.24. The molecule has 1 atom stereocenters. The summed E-state index contributed by atoms with van der Waals surface area (Å²) in [6, 6.07) is 14.3. The van der Waals surface area contributed by atoms with Crippen LogP contribution in [0.2, 0.25) is 0 Å². The third kappa shape index (κ3) is 4.26. The molecule has 0 radical (unpaired) electrons. The molecule has 1 fully saturated rings. The van der Waals surface area contributed by atoms with Crippen LogP contribution >= 0.6 is 0 Å². The molecule has 1 saturated heterocycles. The number of ether oxygens (including phenoxy) is 2. The van der Waals surface area contributed by atoms with E-state index in [1.807, 2.05) is 30.3 Å². The molecule has 2 heterocycles. The van der Waals surface area contributed by atoms with Gasteiger partial charge in [-0.2, -0.15) is 4.68 Å². The average Bonchev–Trinajstić information content (AvgIpc) is 3.24. The van der Waals surface area contributed by atoms with Gasteiger partial charge in [-0.05, 0) is 42.3 Å². The molecule has 0 aliphatic carbocycles. The molecule has 1 aliphatic heterocycles. The highest BCUT2D eigenvalue weighted by molar-refractivity contribution is 5.55. The normalized spacial score (nSPS) is 16.5. The van der Waals surface area contributed by atoms with Crippen molar-refractivity contribution in [2.45, 2.75) is 25.8 Å². The van der Waals surface area contributed by atoms with E-state index in [-0.39, 0.29) is 6.04 Å². The summed E-state index contributed by atoms with van der Waals surface area (Å²) in [6.45, 7) is 3.80. The highest BCUT2D eigenvalue weighted by atomic mass is 16.5. The van der Waals surface area contributed by atoms with Gasteiger partial charge >= 0.3 is 0 Å². The van der Waals surface area contributed by atoms with Gasteiger partial charge in [0.15, 0.2) is 0 Å². The highest BCUT2D eigenvalue weighted by Crippen LogP contribution is 2.28. The van der Waals surface area contributed by atoms with Gasteiger partial charge in [-0.3, -0.25) is 0 Å². The lowest BCUT2D eigenvalue weighted by molar-refractivity contribution is 0.394. The lowest BCUT2D eigenvalue weighted by Crippen LogP contribution is -2.43. The van der Waals surface area contributed by atoms with Crippen LogP contribution in [0, 0.1) is 6.92 Å². The molecule has 1 N–H and O–H groups in total. The van der Waals surface area contributed by atoms with E-state index in [1.54, 1.807) is 18.9 Å². The predicted molar refractivity (Wildman–Crippen MR) is 112 cm³/mol. The van der Waals surface area contributed by atoms with Crippen LogP contribution in [0.3, 0.4) is 0 Å². The number of benzene rings is 2. The third-order valence-electron chi connectivity index (χ3n) is 5.16. The zero-order chi connectivity index (χ0) is 20.2. The standard InChI is InChI=1S/C21H26N6O2/c1-15-6-8-18(9-7-15)27-21(23-24-25-27)26-10-4-5-16(14-26)22-17-11-19(28-2)13-20(12-17)29-3/h6-9,11-13,16,22H,4-5,10,14H2,1-3H3. The van der Waals surface area contributed by atoms with Crippen LogP contribution in [0.1, 0.15) is 18.4 Å². The third-order valence-corrected chi connectivity index (χ3v) is 5.16. The summed E-state index contributed by atoms with van der Waals surface area (Å²) in [5.41, 5.74) is 3.15. The van der Waals surface area contributed by atoms with Crippen LogP contribution < -0.4 is 19.7 Å². The molecule has 1 aliphatic rings. The lowest BCUT2D eigenvalue weighted by atomic mass is 10.1. The molecule has 8 nitrogen and oxygen atoms in total. The Kier molecular flexibility index (Phi) is 5.50. The molecule has 3 aromatic rings. The summed E-state index contributed by atoms with van der Waals surface area (Å²) < 4.78 is 12.6. The predicted octanol–water partition coefficient (Wildman–Crippen LogP) is 3.07. The second-order valence-electron chi connectivity index (χ2n) is 7.26. The number of nitrogens with zero attached hydrogens (tertiary/aromatic N) is 5. The Balaban J connectivity index is 1.51. The first kappa shape index (κ1) is 19.0. The van der Waals surface area contributed by atoms with Crippen LogP contribution in [0.4, 0.5) is 11.6 Å². The molecular weight excluding hydrogens is 368 g/mol. The number of aromatic nitrogens is 4.